The van der Waals surface area contributed by atoms with Crippen molar-refractivity contribution in [1.29, 1.82) is 0 Å². The Kier molecular flexibility index (Phi) is 5.79. The van der Waals surface area contributed by atoms with Gasteiger partial charge in [0, 0.05) is 6.04 Å². The fourth-order valence-corrected chi connectivity index (χ4v) is 2.54. The van der Waals surface area contributed by atoms with Crippen molar-refractivity contribution in [1.82, 2.24) is 5.32 Å². The molecule has 0 aliphatic heterocycles. The SMILES string of the molecule is CNC(C)C(OC(=O)c1ccc(C(C)(C)C)cc1)c1ccccc1. The highest BCUT2D eigenvalue weighted by Crippen LogP contribution is 2.25. The minimum Gasteiger partial charge on any atom is -0.452 e. The molecular formula is C21H27NO2. The van der Waals surface area contributed by atoms with E-state index in [0.717, 1.165) is 5.56 Å². The van der Waals surface area contributed by atoms with Gasteiger partial charge in [-0.3, -0.25) is 0 Å². The van der Waals surface area contributed by atoms with Crippen LogP contribution >= 0.6 is 0 Å². The first-order valence-electron chi connectivity index (χ1n) is 8.36. The van der Waals surface area contributed by atoms with E-state index in [1.807, 2.05) is 68.6 Å². The summed E-state index contributed by atoms with van der Waals surface area (Å²) in [5, 5.41) is 3.17. The zero-order valence-electron chi connectivity index (χ0n) is 15.2. The third kappa shape index (κ3) is 4.45. The quantitative estimate of drug-likeness (QED) is 0.823. The second kappa shape index (κ2) is 7.63. The number of ether oxygens (including phenoxy) is 1. The van der Waals surface area contributed by atoms with Crippen molar-refractivity contribution in [2.45, 2.75) is 45.3 Å². The third-order valence-corrected chi connectivity index (χ3v) is 4.26. The predicted molar refractivity (Wildman–Crippen MR) is 98.3 cm³/mol. The van der Waals surface area contributed by atoms with Crippen LogP contribution in [0.15, 0.2) is 54.6 Å². The average molecular weight is 325 g/mol. The maximum absolute atomic E-state index is 12.6. The zero-order chi connectivity index (χ0) is 17.7. The van der Waals surface area contributed by atoms with Crippen LogP contribution in [0, 0.1) is 0 Å². The standard InChI is InChI=1S/C21H27NO2/c1-15(22-5)19(16-9-7-6-8-10-16)24-20(23)17-11-13-18(14-12-17)21(2,3)4/h6-15,19,22H,1-5H3. The lowest BCUT2D eigenvalue weighted by Crippen LogP contribution is -2.32. The molecule has 3 nitrogen and oxygen atoms in total. The van der Waals surface area contributed by atoms with Gasteiger partial charge in [0.25, 0.3) is 0 Å². The number of carbonyl (C=O) groups excluding carboxylic acids is 1. The summed E-state index contributed by atoms with van der Waals surface area (Å²) < 4.78 is 5.80. The minimum atomic E-state index is -0.328. The van der Waals surface area contributed by atoms with Gasteiger partial charge in [-0.1, -0.05) is 63.2 Å². The van der Waals surface area contributed by atoms with Crippen molar-refractivity contribution < 1.29 is 9.53 Å². The largest absolute Gasteiger partial charge is 0.452 e. The van der Waals surface area contributed by atoms with E-state index < -0.39 is 0 Å². The summed E-state index contributed by atoms with van der Waals surface area (Å²) in [6, 6.07) is 17.5. The fourth-order valence-electron chi connectivity index (χ4n) is 2.54. The second-order valence-corrected chi connectivity index (χ2v) is 7.14. The number of likely N-dealkylation sites (N-methyl/N-ethyl adjacent to an activating group) is 1. The van der Waals surface area contributed by atoms with E-state index in [9.17, 15) is 4.79 Å². The highest BCUT2D eigenvalue weighted by atomic mass is 16.5. The molecule has 128 valence electrons. The van der Waals surface area contributed by atoms with Gasteiger partial charge < -0.3 is 10.1 Å². The van der Waals surface area contributed by atoms with E-state index in [1.54, 1.807) is 0 Å². The van der Waals surface area contributed by atoms with E-state index in [1.165, 1.54) is 5.56 Å². The summed E-state index contributed by atoms with van der Waals surface area (Å²) in [7, 11) is 1.87. The Hall–Kier alpha value is -2.13. The Bertz CT molecular complexity index is 656. The topological polar surface area (TPSA) is 38.3 Å². The number of esters is 1. The zero-order valence-corrected chi connectivity index (χ0v) is 15.2. The number of rotatable bonds is 5. The minimum absolute atomic E-state index is 0.0187. The van der Waals surface area contributed by atoms with E-state index in [-0.39, 0.29) is 23.5 Å². The van der Waals surface area contributed by atoms with Crippen LogP contribution in [0.3, 0.4) is 0 Å². The maximum atomic E-state index is 12.6. The molecule has 3 heteroatoms. The molecule has 0 saturated heterocycles. The van der Waals surface area contributed by atoms with E-state index in [4.69, 9.17) is 4.74 Å². The van der Waals surface area contributed by atoms with Gasteiger partial charge in [0.15, 0.2) is 0 Å². The highest BCUT2D eigenvalue weighted by Gasteiger charge is 2.23. The molecule has 2 aromatic carbocycles. The summed E-state index contributed by atoms with van der Waals surface area (Å²) in [6.45, 7) is 8.47. The Morgan fingerprint density at radius 1 is 1.00 bits per heavy atom. The van der Waals surface area contributed by atoms with Gasteiger partial charge in [-0.25, -0.2) is 4.79 Å². The molecule has 0 radical (unpaired) electrons. The normalized spacial score (nSPS) is 14.0. The molecule has 2 aromatic rings. The number of hydrogen-bond donors (Lipinski definition) is 1. The van der Waals surface area contributed by atoms with Crippen molar-refractivity contribution in [3.63, 3.8) is 0 Å². The monoisotopic (exact) mass is 325 g/mol. The first-order valence-corrected chi connectivity index (χ1v) is 8.36. The molecule has 0 aromatic heterocycles. The summed E-state index contributed by atoms with van der Waals surface area (Å²) in [5.74, 6) is -0.300. The lowest BCUT2D eigenvalue weighted by atomic mass is 9.87. The molecule has 0 saturated carbocycles. The molecule has 2 atom stereocenters. The molecule has 0 aliphatic rings. The molecule has 0 bridgehead atoms. The Morgan fingerprint density at radius 3 is 2.08 bits per heavy atom. The number of carbonyl (C=O) groups is 1. The van der Waals surface area contributed by atoms with Crippen LogP contribution in [0.1, 0.15) is 55.3 Å². The molecule has 2 rings (SSSR count). The van der Waals surface area contributed by atoms with Crippen molar-refractivity contribution in [3.8, 4) is 0 Å². The summed E-state index contributed by atoms with van der Waals surface area (Å²) in [4.78, 5) is 12.6. The third-order valence-electron chi connectivity index (χ3n) is 4.26. The van der Waals surface area contributed by atoms with E-state index in [2.05, 4.69) is 26.1 Å². The summed E-state index contributed by atoms with van der Waals surface area (Å²) in [6.07, 6.45) is -0.328. The molecule has 24 heavy (non-hydrogen) atoms. The summed E-state index contributed by atoms with van der Waals surface area (Å²) >= 11 is 0. The number of hydrogen-bond acceptors (Lipinski definition) is 3. The molecule has 0 heterocycles. The van der Waals surface area contributed by atoms with E-state index >= 15 is 0 Å². The number of benzene rings is 2. The van der Waals surface area contributed by atoms with Gasteiger partial charge in [-0.2, -0.15) is 0 Å². The Morgan fingerprint density at radius 2 is 1.58 bits per heavy atom. The van der Waals surface area contributed by atoms with Gasteiger partial charge in [0.2, 0.25) is 0 Å². The van der Waals surface area contributed by atoms with Crippen LogP contribution in [0.5, 0.6) is 0 Å². The van der Waals surface area contributed by atoms with Gasteiger partial charge in [0.1, 0.15) is 6.10 Å². The van der Waals surface area contributed by atoms with Gasteiger partial charge in [-0.05, 0) is 42.6 Å². The first kappa shape index (κ1) is 18.2. The lowest BCUT2D eigenvalue weighted by Gasteiger charge is -2.24. The fraction of sp³-hybridized carbons (Fsp3) is 0.381. The van der Waals surface area contributed by atoms with Gasteiger partial charge in [0.05, 0.1) is 5.56 Å². The van der Waals surface area contributed by atoms with Crippen molar-refractivity contribution in [2.75, 3.05) is 7.05 Å². The highest BCUT2D eigenvalue weighted by molar-refractivity contribution is 5.89. The molecular weight excluding hydrogens is 298 g/mol. The molecule has 0 fully saturated rings. The molecule has 0 aliphatic carbocycles. The Balaban J connectivity index is 2.19. The van der Waals surface area contributed by atoms with Crippen molar-refractivity contribution in [3.05, 3.63) is 71.3 Å². The van der Waals surface area contributed by atoms with Crippen molar-refractivity contribution >= 4 is 5.97 Å². The van der Waals surface area contributed by atoms with Crippen LogP contribution in [0.2, 0.25) is 0 Å². The first-order chi connectivity index (χ1) is 11.3. The smallest absolute Gasteiger partial charge is 0.338 e. The average Bonchev–Trinajstić information content (AvgIpc) is 2.59. The van der Waals surface area contributed by atoms with Gasteiger partial charge in [-0.15, -0.1) is 0 Å². The van der Waals surface area contributed by atoms with E-state index in [0.29, 0.717) is 5.56 Å². The molecule has 1 N–H and O–H groups in total. The van der Waals surface area contributed by atoms with Crippen LogP contribution in [0.4, 0.5) is 0 Å². The van der Waals surface area contributed by atoms with Crippen LogP contribution in [0.25, 0.3) is 0 Å². The van der Waals surface area contributed by atoms with Crippen LogP contribution in [-0.2, 0) is 10.2 Å². The summed E-state index contributed by atoms with van der Waals surface area (Å²) in [5.41, 5.74) is 2.82. The maximum Gasteiger partial charge on any atom is 0.338 e. The Labute approximate surface area is 145 Å². The number of nitrogens with one attached hydrogen (secondary N) is 1. The molecule has 0 spiro atoms. The molecule has 2 unspecified atom stereocenters. The van der Waals surface area contributed by atoms with Gasteiger partial charge >= 0.3 is 5.97 Å². The van der Waals surface area contributed by atoms with Crippen LogP contribution in [-0.4, -0.2) is 19.1 Å². The van der Waals surface area contributed by atoms with Crippen molar-refractivity contribution in [2.24, 2.45) is 0 Å². The predicted octanol–water partition coefficient (Wildman–Crippen LogP) is 4.49. The molecule has 0 amide bonds. The lowest BCUT2D eigenvalue weighted by molar-refractivity contribution is 0.0219. The van der Waals surface area contributed by atoms with Crippen LogP contribution < -0.4 is 5.32 Å². The second-order valence-electron chi connectivity index (χ2n) is 7.14.